The van der Waals surface area contributed by atoms with Crippen LogP contribution in [0.4, 0.5) is 0 Å². The molecule has 17 heavy (non-hydrogen) atoms. The van der Waals surface area contributed by atoms with E-state index < -0.39 is 5.97 Å². The highest BCUT2D eigenvalue weighted by atomic mass is 16.4. The Morgan fingerprint density at radius 3 is 3.00 bits per heavy atom. The Bertz CT molecular complexity index is 353. The standard InChI is InChI=1S/C10H18N4O3/c1-8(2-5-15)6-11-3-4-14-7-9(10(16)17)12-13-14/h7-8,11,15H,2-6H2,1H3,(H,16,17). The summed E-state index contributed by atoms with van der Waals surface area (Å²) in [6.45, 7) is 4.35. The first-order valence-corrected chi connectivity index (χ1v) is 5.58. The second-order valence-corrected chi connectivity index (χ2v) is 3.99. The van der Waals surface area contributed by atoms with Crippen molar-refractivity contribution in [2.75, 3.05) is 19.7 Å². The number of hydrogen-bond acceptors (Lipinski definition) is 5. The summed E-state index contributed by atoms with van der Waals surface area (Å²) in [6, 6.07) is 0. The largest absolute Gasteiger partial charge is 0.476 e. The number of nitrogens with one attached hydrogen (secondary N) is 1. The SMILES string of the molecule is CC(CCO)CNCCn1cc(C(=O)O)nn1. The van der Waals surface area contributed by atoms with Crippen molar-refractivity contribution in [3.63, 3.8) is 0 Å². The van der Waals surface area contributed by atoms with Gasteiger partial charge in [0, 0.05) is 13.2 Å². The molecule has 0 saturated heterocycles. The van der Waals surface area contributed by atoms with Gasteiger partial charge < -0.3 is 15.5 Å². The minimum atomic E-state index is -1.07. The van der Waals surface area contributed by atoms with E-state index >= 15 is 0 Å². The molecule has 0 aliphatic carbocycles. The quantitative estimate of drug-likeness (QED) is 0.535. The molecule has 1 aromatic rings. The van der Waals surface area contributed by atoms with Crippen molar-refractivity contribution >= 4 is 5.97 Å². The number of nitrogens with zero attached hydrogens (tertiary/aromatic N) is 3. The van der Waals surface area contributed by atoms with Crippen LogP contribution in [0.15, 0.2) is 6.20 Å². The minimum absolute atomic E-state index is 0.0429. The van der Waals surface area contributed by atoms with Crippen LogP contribution in [0.3, 0.4) is 0 Å². The molecule has 0 amide bonds. The Labute approximate surface area is 99.4 Å². The lowest BCUT2D eigenvalue weighted by Crippen LogP contribution is -2.25. The van der Waals surface area contributed by atoms with E-state index in [1.807, 2.05) is 0 Å². The summed E-state index contributed by atoms with van der Waals surface area (Å²) < 4.78 is 1.49. The molecule has 1 atom stereocenters. The first kappa shape index (κ1) is 13.6. The summed E-state index contributed by atoms with van der Waals surface area (Å²) in [6.07, 6.45) is 2.18. The molecule has 0 fully saturated rings. The van der Waals surface area contributed by atoms with Gasteiger partial charge in [0.25, 0.3) is 0 Å². The number of carbonyl (C=O) groups is 1. The first-order chi connectivity index (χ1) is 8.13. The Hall–Kier alpha value is -1.47. The molecule has 1 heterocycles. The maximum Gasteiger partial charge on any atom is 0.358 e. The van der Waals surface area contributed by atoms with E-state index in [9.17, 15) is 4.79 Å². The third kappa shape index (κ3) is 4.92. The Morgan fingerprint density at radius 2 is 2.41 bits per heavy atom. The van der Waals surface area contributed by atoms with Crippen LogP contribution in [-0.4, -0.2) is 50.9 Å². The van der Waals surface area contributed by atoms with Crippen molar-refractivity contribution in [2.45, 2.75) is 19.9 Å². The normalized spacial score (nSPS) is 12.6. The molecule has 3 N–H and O–H groups in total. The maximum absolute atomic E-state index is 10.6. The first-order valence-electron chi connectivity index (χ1n) is 5.58. The molecule has 96 valence electrons. The average Bonchev–Trinajstić information content (AvgIpc) is 2.73. The van der Waals surface area contributed by atoms with E-state index in [0.717, 1.165) is 13.0 Å². The van der Waals surface area contributed by atoms with E-state index in [4.69, 9.17) is 10.2 Å². The predicted molar refractivity (Wildman–Crippen MR) is 60.7 cm³/mol. The van der Waals surface area contributed by atoms with Crippen molar-refractivity contribution in [2.24, 2.45) is 5.92 Å². The molecule has 0 saturated carbocycles. The molecule has 7 nitrogen and oxygen atoms in total. The van der Waals surface area contributed by atoms with Crippen LogP contribution in [0, 0.1) is 5.92 Å². The molecule has 0 aliphatic heterocycles. The fourth-order valence-electron chi connectivity index (χ4n) is 1.37. The third-order valence-corrected chi connectivity index (χ3v) is 2.39. The minimum Gasteiger partial charge on any atom is -0.476 e. The van der Waals surface area contributed by atoms with E-state index in [1.165, 1.54) is 10.9 Å². The van der Waals surface area contributed by atoms with Crippen molar-refractivity contribution in [3.8, 4) is 0 Å². The van der Waals surface area contributed by atoms with Gasteiger partial charge in [-0.3, -0.25) is 4.68 Å². The molecule has 0 spiro atoms. The number of aliphatic hydroxyl groups is 1. The van der Waals surface area contributed by atoms with Gasteiger partial charge in [-0.15, -0.1) is 5.10 Å². The van der Waals surface area contributed by atoms with Crippen molar-refractivity contribution in [1.29, 1.82) is 0 Å². The van der Waals surface area contributed by atoms with Crippen molar-refractivity contribution < 1.29 is 15.0 Å². The molecule has 0 radical (unpaired) electrons. The van der Waals surface area contributed by atoms with E-state index in [1.54, 1.807) is 0 Å². The van der Waals surface area contributed by atoms with Crippen LogP contribution in [-0.2, 0) is 6.54 Å². The number of carboxylic acid groups (broad SMARTS) is 1. The molecule has 0 aliphatic rings. The zero-order valence-corrected chi connectivity index (χ0v) is 9.83. The molecule has 1 rings (SSSR count). The predicted octanol–water partition coefficient (Wildman–Crippen LogP) is -0.416. The van der Waals surface area contributed by atoms with E-state index in [2.05, 4.69) is 22.6 Å². The fraction of sp³-hybridized carbons (Fsp3) is 0.700. The highest BCUT2D eigenvalue weighted by Gasteiger charge is 2.07. The summed E-state index contributed by atoms with van der Waals surface area (Å²) in [5, 5.41) is 27.8. The second-order valence-electron chi connectivity index (χ2n) is 3.99. The zero-order valence-electron chi connectivity index (χ0n) is 9.83. The van der Waals surface area contributed by atoms with Crippen molar-refractivity contribution in [1.82, 2.24) is 20.3 Å². The zero-order chi connectivity index (χ0) is 12.7. The van der Waals surface area contributed by atoms with Crippen LogP contribution in [0.25, 0.3) is 0 Å². The lowest BCUT2D eigenvalue weighted by atomic mass is 10.1. The molecule has 1 aromatic heterocycles. The summed E-state index contributed by atoms with van der Waals surface area (Å²) in [5.41, 5.74) is -0.0429. The average molecular weight is 242 g/mol. The molecular formula is C10H18N4O3. The number of hydrogen-bond donors (Lipinski definition) is 3. The summed E-state index contributed by atoms with van der Waals surface area (Å²) in [5.74, 6) is -0.647. The van der Waals surface area contributed by atoms with Gasteiger partial charge in [0.2, 0.25) is 0 Å². The Balaban J connectivity index is 2.19. The van der Waals surface area contributed by atoms with Gasteiger partial charge in [-0.2, -0.15) is 0 Å². The third-order valence-electron chi connectivity index (χ3n) is 2.39. The molecule has 7 heteroatoms. The smallest absolute Gasteiger partial charge is 0.358 e. The van der Waals surface area contributed by atoms with Crippen LogP contribution in [0.5, 0.6) is 0 Å². The van der Waals surface area contributed by atoms with Crippen LogP contribution < -0.4 is 5.32 Å². The topological polar surface area (TPSA) is 100 Å². The number of aliphatic hydroxyl groups excluding tert-OH is 1. The highest BCUT2D eigenvalue weighted by Crippen LogP contribution is 1.97. The van der Waals surface area contributed by atoms with Gasteiger partial charge in [0.05, 0.1) is 12.7 Å². The maximum atomic E-state index is 10.6. The van der Waals surface area contributed by atoms with E-state index in [0.29, 0.717) is 19.0 Å². The summed E-state index contributed by atoms with van der Waals surface area (Å²) in [4.78, 5) is 10.6. The Morgan fingerprint density at radius 1 is 1.65 bits per heavy atom. The lowest BCUT2D eigenvalue weighted by molar-refractivity contribution is 0.0690. The van der Waals surface area contributed by atoms with Gasteiger partial charge in [-0.1, -0.05) is 12.1 Å². The summed E-state index contributed by atoms with van der Waals surface area (Å²) in [7, 11) is 0. The fourth-order valence-corrected chi connectivity index (χ4v) is 1.37. The molecule has 0 bridgehead atoms. The second kappa shape index (κ2) is 6.97. The molecular weight excluding hydrogens is 224 g/mol. The molecule has 1 unspecified atom stereocenters. The highest BCUT2D eigenvalue weighted by molar-refractivity contribution is 5.84. The van der Waals surface area contributed by atoms with Crippen molar-refractivity contribution in [3.05, 3.63) is 11.9 Å². The van der Waals surface area contributed by atoms with Crippen LogP contribution >= 0.6 is 0 Å². The monoisotopic (exact) mass is 242 g/mol. The summed E-state index contributed by atoms with van der Waals surface area (Å²) >= 11 is 0. The van der Waals surface area contributed by atoms with E-state index in [-0.39, 0.29) is 12.3 Å². The number of rotatable bonds is 8. The number of aromatic carboxylic acids is 1. The lowest BCUT2D eigenvalue weighted by Gasteiger charge is -2.10. The number of carboxylic acids is 1. The van der Waals surface area contributed by atoms with Crippen LogP contribution in [0.2, 0.25) is 0 Å². The van der Waals surface area contributed by atoms with Gasteiger partial charge in [0.1, 0.15) is 0 Å². The van der Waals surface area contributed by atoms with Gasteiger partial charge in [0.15, 0.2) is 5.69 Å². The molecule has 0 aromatic carbocycles. The number of aromatic nitrogens is 3. The Kier molecular flexibility index (Phi) is 5.58. The van der Waals surface area contributed by atoms with Gasteiger partial charge in [-0.25, -0.2) is 4.79 Å². The van der Waals surface area contributed by atoms with Gasteiger partial charge in [-0.05, 0) is 18.9 Å². The van der Waals surface area contributed by atoms with Crippen LogP contribution in [0.1, 0.15) is 23.8 Å². The van der Waals surface area contributed by atoms with Gasteiger partial charge >= 0.3 is 5.97 Å².